The van der Waals surface area contributed by atoms with Crippen LogP contribution in [0.2, 0.25) is 0 Å². The first kappa shape index (κ1) is 18.9. The van der Waals surface area contributed by atoms with Crippen molar-refractivity contribution in [1.29, 1.82) is 0 Å². The smallest absolute Gasteiger partial charge is 0.240 e. The zero-order valence-electron chi connectivity index (χ0n) is 14.5. The standard InChI is InChI=1S/C17H27N3O3S/c1-12(13-7-9-14(10-8-13)24(22,23)19-3)20-16(21)15-6-4-5-11-17(15,2)18/h7-10,12,15,19H,4-6,11,18H2,1-3H3,(H,20,21). The van der Waals surface area contributed by atoms with Gasteiger partial charge in [-0.3, -0.25) is 4.79 Å². The number of benzene rings is 1. The minimum Gasteiger partial charge on any atom is -0.349 e. The second-order valence-electron chi connectivity index (χ2n) is 6.81. The molecule has 7 heteroatoms. The van der Waals surface area contributed by atoms with Gasteiger partial charge in [0.05, 0.1) is 16.9 Å². The second kappa shape index (κ2) is 7.21. The van der Waals surface area contributed by atoms with E-state index in [0.717, 1.165) is 31.2 Å². The summed E-state index contributed by atoms with van der Waals surface area (Å²) in [5.74, 6) is -0.211. The molecule has 1 fully saturated rings. The summed E-state index contributed by atoms with van der Waals surface area (Å²) in [5, 5.41) is 3.01. The third kappa shape index (κ3) is 4.15. The maximum Gasteiger partial charge on any atom is 0.240 e. The van der Waals surface area contributed by atoms with Crippen LogP contribution in [0.25, 0.3) is 0 Å². The van der Waals surface area contributed by atoms with Crippen molar-refractivity contribution in [3.63, 3.8) is 0 Å². The molecule has 4 N–H and O–H groups in total. The van der Waals surface area contributed by atoms with Gasteiger partial charge in [0.15, 0.2) is 0 Å². The van der Waals surface area contributed by atoms with Crippen LogP contribution in [0, 0.1) is 5.92 Å². The molecule has 0 radical (unpaired) electrons. The molecule has 0 saturated heterocycles. The van der Waals surface area contributed by atoms with Crippen molar-refractivity contribution in [1.82, 2.24) is 10.0 Å². The van der Waals surface area contributed by atoms with Crippen LogP contribution in [0.3, 0.4) is 0 Å². The van der Waals surface area contributed by atoms with E-state index >= 15 is 0 Å². The molecule has 0 bridgehead atoms. The first-order chi connectivity index (χ1) is 11.2. The number of rotatable bonds is 5. The van der Waals surface area contributed by atoms with Crippen LogP contribution in [-0.4, -0.2) is 26.9 Å². The number of sulfonamides is 1. The Bertz CT molecular complexity index is 684. The number of nitrogens with two attached hydrogens (primary N) is 1. The molecular formula is C17H27N3O3S. The van der Waals surface area contributed by atoms with Gasteiger partial charge in [0, 0.05) is 5.54 Å². The van der Waals surface area contributed by atoms with E-state index in [2.05, 4.69) is 10.0 Å². The SMILES string of the molecule is CNS(=O)(=O)c1ccc(C(C)NC(=O)C2CCCCC2(C)N)cc1. The first-order valence-corrected chi connectivity index (χ1v) is 9.78. The molecule has 1 aliphatic rings. The average molecular weight is 353 g/mol. The van der Waals surface area contributed by atoms with Crippen LogP contribution >= 0.6 is 0 Å². The molecule has 2 rings (SSSR count). The summed E-state index contributed by atoms with van der Waals surface area (Å²) >= 11 is 0. The zero-order chi connectivity index (χ0) is 18.0. The predicted molar refractivity (Wildman–Crippen MR) is 93.8 cm³/mol. The predicted octanol–water partition coefficient (Wildman–Crippen LogP) is 1.68. The summed E-state index contributed by atoms with van der Waals surface area (Å²) in [4.78, 5) is 12.8. The van der Waals surface area contributed by atoms with Gasteiger partial charge in [-0.15, -0.1) is 0 Å². The van der Waals surface area contributed by atoms with Crippen molar-refractivity contribution in [3.8, 4) is 0 Å². The Morgan fingerprint density at radius 1 is 1.29 bits per heavy atom. The molecule has 134 valence electrons. The van der Waals surface area contributed by atoms with Gasteiger partial charge in [-0.1, -0.05) is 25.0 Å². The molecule has 6 nitrogen and oxygen atoms in total. The highest BCUT2D eigenvalue weighted by molar-refractivity contribution is 7.89. The van der Waals surface area contributed by atoms with E-state index in [1.807, 2.05) is 13.8 Å². The molecule has 0 aromatic heterocycles. The number of amides is 1. The maximum atomic E-state index is 12.6. The second-order valence-corrected chi connectivity index (χ2v) is 8.70. The number of carbonyl (C=O) groups is 1. The van der Waals surface area contributed by atoms with E-state index < -0.39 is 15.6 Å². The van der Waals surface area contributed by atoms with Crippen LogP contribution in [-0.2, 0) is 14.8 Å². The van der Waals surface area contributed by atoms with Crippen molar-refractivity contribution in [2.24, 2.45) is 11.7 Å². The van der Waals surface area contributed by atoms with Crippen molar-refractivity contribution >= 4 is 15.9 Å². The lowest BCUT2D eigenvalue weighted by molar-refractivity contribution is -0.128. The molecular weight excluding hydrogens is 326 g/mol. The van der Waals surface area contributed by atoms with Crippen LogP contribution in [0.15, 0.2) is 29.2 Å². The minimum atomic E-state index is -3.45. The maximum absolute atomic E-state index is 12.6. The lowest BCUT2D eigenvalue weighted by atomic mass is 9.74. The summed E-state index contributed by atoms with van der Waals surface area (Å²) in [6.07, 6.45) is 3.75. The Hall–Kier alpha value is -1.44. The van der Waals surface area contributed by atoms with Gasteiger partial charge in [-0.05, 0) is 51.4 Å². The highest BCUT2D eigenvalue weighted by Gasteiger charge is 2.38. The fourth-order valence-electron chi connectivity index (χ4n) is 3.24. The molecule has 0 spiro atoms. The van der Waals surface area contributed by atoms with Gasteiger partial charge in [-0.25, -0.2) is 13.1 Å². The fraction of sp³-hybridized carbons (Fsp3) is 0.588. The molecule has 1 aliphatic carbocycles. The molecule has 3 unspecified atom stereocenters. The van der Waals surface area contributed by atoms with E-state index in [-0.39, 0.29) is 22.8 Å². The normalized spacial score (nSPS) is 25.9. The topological polar surface area (TPSA) is 101 Å². The van der Waals surface area contributed by atoms with Gasteiger partial charge < -0.3 is 11.1 Å². The Morgan fingerprint density at radius 2 is 1.92 bits per heavy atom. The van der Waals surface area contributed by atoms with Crippen LogP contribution < -0.4 is 15.8 Å². The number of carbonyl (C=O) groups excluding carboxylic acids is 1. The summed E-state index contributed by atoms with van der Waals surface area (Å²) in [7, 11) is -2.08. The number of hydrogen-bond donors (Lipinski definition) is 3. The molecule has 1 saturated carbocycles. The summed E-state index contributed by atoms with van der Waals surface area (Å²) in [5.41, 5.74) is 6.68. The average Bonchev–Trinajstić information content (AvgIpc) is 2.54. The van der Waals surface area contributed by atoms with Crippen molar-refractivity contribution < 1.29 is 13.2 Å². The van der Waals surface area contributed by atoms with Crippen LogP contribution in [0.5, 0.6) is 0 Å². The molecule has 1 amide bonds. The fourth-order valence-corrected chi connectivity index (χ4v) is 3.97. The molecule has 1 aromatic carbocycles. The van der Waals surface area contributed by atoms with Crippen molar-refractivity contribution in [3.05, 3.63) is 29.8 Å². The quantitative estimate of drug-likeness (QED) is 0.749. The number of nitrogens with one attached hydrogen (secondary N) is 2. The summed E-state index contributed by atoms with van der Waals surface area (Å²) < 4.78 is 25.8. The molecule has 3 atom stereocenters. The third-order valence-corrected chi connectivity index (χ3v) is 6.32. The Balaban J connectivity index is 2.07. The highest BCUT2D eigenvalue weighted by Crippen LogP contribution is 2.32. The van der Waals surface area contributed by atoms with Crippen LogP contribution in [0.4, 0.5) is 0 Å². The van der Waals surface area contributed by atoms with E-state index in [9.17, 15) is 13.2 Å². The van der Waals surface area contributed by atoms with Crippen molar-refractivity contribution in [2.75, 3.05) is 7.05 Å². The van der Waals surface area contributed by atoms with Gasteiger partial charge >= 0.3 is 0 Å². The molecule has 0 heterocycles. The monoisotopic (exact) mass is 353 g/mol. The first-order valence-electron chi connectivity index (χ1n) is 8.30. The zero-order valence-corrected chi connectivity index (χ0v) is 15.3. The Morgan fingerprint density at radius 3 is 2.46 bits per heavy atom. The minimum absolute atomic E-state index is 0.0286. The molecule has 24 heavy (non-hydrogen) atoms. The van der Waals surface area contributed by atoms with Crippen LogP contribution in [0.1, 0.15) is 51.1 Å². The van der Waals surface area contributed by atoms with E-state index in [1.165, 1.54) is 19.2 Å². The van der Waals surface area contributed by atoms with E-state index in [0.29, 0.717) is 0 Å². The number of hydrogen-bond acceptors (Lipinski definition) is 4. The summed E-state index contributed by atoms with van der Waals surface area (Å²) in [6.45, 7) is 3.83. The van der Waals surface area contributed by atoms with Gasteiger partial charge in [0.1, 0.15) is 0 Å². The Kier molecular flexibility index (Phi) is 5.67. The van der Waals surface area contributed by atoms with Gasteiger partial charge in [-0.2, -0.15) is 0 Å². The van der Waals surface area contributed by atoms with E-state index in [1.54, 1.807) is 12.1 Å². The lowest BCUT2D eigenvalue weighted by Crippen LogP contribution is -2.53. The summed E-state index contributed by atoms with van der Waals surface area (Å²) in [6, 6.07) is 6.31. The largest absolute Gasteiger partial charge is 0.349 e. The van der Waals surface area contributed by atoms with Crippen molar-refractivity contribution in [2.45, 2.75) is 56.0 Å². The van der Waals surface area contributed by atoms with Gasteiger partial charge in [0.25, 0.3) is 0 Å². The molecule has 0 aliphatic heterocycles. The Labute approximate surface area is 144 Å². The highest BCUT2D eigenvalue weighted by atomic mass is 32.2. The lowest BCUT2D eigenvalue weighted by Gasteiger charge is -2.37. The van der Waals surface area contributed by atoms with E-state index in [4.69, 9.17) is 5.73 Å². The molecule has 1 aromatic rings. The third-order valence-electron chi connectivity index (χ3n) is 4.89. The van der Waals surface area contributed by atoms with Gasteiger partial charge in [0.2, 0.25) is 15.9 Å².